The highest BCUT2D eigenvalue weighted by molar-refractivity contribution is 5.99. The van der Waals surface area contributed by atoms with Crippen LogP contribution in [0.25, 0.3) is 10.9 Å². The van der Waals surface area contributed by atoms with E-state index in [4.69, 9.17) is 0 Å². The summed E-state index contributed by atoms with van der Waals surface area (Å²) in [5, 5.41) is 21.3. The van der Waals surface area contributed by atoms with E-state index in [1.54, 1.807) is 10.6 Å². The molecule has 32 heavy (non-hydrogen) atoms. The van der Waals surface area contributed by atoms with Crippen LogP contribution < -0.4 is 10.8 Å². The largest absolute Gasteiger partial charge is 0.733 e. The van der Waals surface area contributed by atoms with E-state index in [0.717, 1.165) is 30.5 Å². The molecule has 0 saturated carbocycles. The number of hydrogen-bond acceptors (Lipinski definition) is 5. The molecule has 2 aromatic heterocycles. The molecule has 6 rings (SSSR count). The van der Waals surface area contributed by atoms with Gasteiger partial charge in [-0.1, -0.05) is 0 Å². The summed E-state index contributed by atoms with van der Waals surface area (Å²) in [6.45, 7) is 1.56. The van der Waals surface area contributed by atoms with E-state index in [9.17, 15) is 20.0 Å². The normalized spacial score (nSPS) is 21.9. The number of piperidine rings is 1. The van der Waals surface area contributed by atoms with Gasteiger partial charge in [0.25, 0.3) is 11.5 Å². The van der Waals surface area contributed by atoms with Crippen LogP contribution in [0.1, 0.15) is 52.5 Å². The number of carbonyl (C=O) groups is 1. The van der Waals surface area contributed by atoms with Gasteiger partial charge in [-0.25, -0.2) is 0 Å². The zero-order chi connectivity index (χ0) is 22.0. The predicted octanol–water partition coefficient (Wildman–Crippen LogP) is 3.16. The van der Waals surface area contributed by atoms with E-state index in [1.807, 2.05) is 23.1 Å². The van der Waals surface area contributed by atoms with Crippen molar-refractivity contribution in [2.24, 2.45) is 5.92 Å². The Morgan fingerprint density at radius 2 is 1.97 bits per heavy atom. The van der Waals surface area contributed by atoms with Crippen LogP contribution in [0.2, 0.25) is 0 Å². The molecule has 8 nitrogen and oxygen atoms in total. The zero-order valence-corrected chi connectivity index (χ0v) is 17.7. The number of aromatic nitrogens is 2. The highest BCUT2D eigenvalue weighted by atomic mass is 16.8. The Morgan fingerprint density at radius 1 is 1.12 bits per heavy atom. The minimum absolute atomic E-state index is 0.0286. The maximum absolute atomic E-state index is 13.5. The van der Waals surface area contributed by atoms with Gasteiger partial charge in [-0.05, 0) is 73.9 Å². The van der Waals surface area contributed by atoms with Gasteiger partial charge in [-0.2, -0.15) is 0 Å². The number of rotatable bonds is 2. The molecule has 2 aliphatic heterocycles. The Bertz CT molecular complexity index is 1290. The van der Waals surface area contributed by atoms with E-state index < -0.39 is 5.56 Å². The van der Waals surface area contributed by atoms with E-state index in [-0.39, 0.29) is 28.7 Å². The molecule has 1 fully saturated rings. The summed E-state index contributed by atoms with van der Waals surface area (Å²) in [7, 11) is 0. The number of benzene rings is 1. The smallest absolute Gasteiger partial charge is 0.275 e. The average Bonchev–Trinajstić information content (AvgIpc) is 3.17. The Morgan fingerprint density at radius 3 is 2.81 bits per heavy atom. The minimum Gasteiger partial charge on any atom is -0.733 e. The molecule has 1 saturated heterocycles. The van der Waals surface area contributed by atoms with Gasteiger partial charge in [-0.15, -0.1) is 0 Å². The first-order chi connectivity index (χ1) is 15.5. The topological polar surface area (TPSA) is 105 Å². The van der Waals surface area contributed by atoms with Gasteiger partial charge in [0.15, 0.2) is 0 Å². The lowest BCUT2D eigenvalue weighted by molar-refractivity contribution is 0.0594. The first kappa shape index (κ1) is 19.6. The first-order valence-corrected chi connectivity index (χ1v) is 11.3. The second-order valence-electron chi connectivity index (χ2n) is 9.39. The van der Waals surface area contributed by atoms with Crippen LogP contribution in [0.15, 0.2) is 35.1 Å². The SMILES string of the molecule is O=C(c1ccc2[nH]c3c(c2c1)CCCC3)N1C[C@@H]2C[C@@H](C1)c1ccc(N([O-])O)c(=O)n1C2. The molecule has 0 unspecified atom stereocenters. The second kappa shape index (κ2) is 7.21. The molecule has 2 atom stereocenters. The highest BCUT2D eigenvalue weighted by Gasteiger charge is 2.37. The molecular formula is C24H25N4O4-. The van der Waals surface area contributed by atoms with Crippen molar-refractivity contribution in [3.8, 4) is 0 Å². The first-order valence-electron chi connectivity index (χ1n) is 11.3. The molecule has 0 spiro atoms. The highest BCUT2D eigenvalue weighted by Crippen LogP contribution is 2.36. The van der Waals surface area contributed by atoms with Gasteiger partial charge in [0.1, 0.15) is 5.69 Å². The van der Waals surface area contributed by atoms with Crippen molar-refractivity contribution in [1.29, 1.82) is 0 Å². The maximum atomic E-state index is 13.5. The van der Waals surface area contributed by atoms with Gasteiger partial charge in [0.2, 0.25) is 0 Å². The number of hydrogen-bond donors (Lipinski definition) is 2. The van der Waals surface area contributed by atoms with Gasteiger partial charge < -0.3 is 24.9 Å². The third-order valence-electron chi connectivity index (χ3n) is 7.42. The number of aromatic amines is 1. The standard InChI is InChI=1S/C24H25N4O4/c29-23(15-5-6-20-18(10-15)17-3-1-2-4-19(17)25-20)26-11-14-9-16(13-26)21-7-8-22(28(31)32)24(30)27(21)12-14/h5-8,10,14,16,25,31H,1-4,9,11-13H2/q-1/t14-,16-/m0/s1. The molecule has 4 heterocycles. The van der Waals surface area contributed by atoms with Crippen LogP contribution in [0.5, 0.6) is 0 Å². The van der Waals surface area contributed by atoms with Crippen molar-refractivity contribution in [3.05, 3.63) is 68.4 Å². The summed E-state index contributed by atoms with van der Waals surface area (Å²) in [6, 6.07) is 9.06. The summed E-state index contributed by atoms with van der Waals surface area (Å²) in [5.74, 6) is 0.206. The molecule has 2 N–H and O–H groups in total. The van der Waals surface area contributed by atoms with Crippen molar-refractivity contribution >= 4 is 22.5 Å². The Hall–Kier alpha value is -3.10. The Balaban J connectivity index is 1.30. The predicted molar refractivity (Wildman–Crippen MR) is 120 cm³/mol. The third-order valence-corrected chi connectivity index (χ3v) is 7.42. The van der Waals surface area contributed by atoms with E-state index in [1.165, 1.54) is 35.6 Å². The molecule has 3 aromatic rings. The number of nitrogens with zero attached hydrogens (tertiary/aromatic N) is 3. The molecule has 1 aromatic carbocycles. The Kier molecular flexibility index (Phi) is 4.41. The molecule has 2 bridgehead atoms. The maximum Gasteiger partial charge on any atom is 0.275 e. The molecule has 1 aliphatic carbocycles. The number of aryl methyl sites for hydroxylation is 2. The van der Waals surface area contributed by atoms with Crippen molar-refractivity contribution in [3.63, 3.8) is 0 Å². The van der Waals surface area contributed by atoms with Gasteiger partial charge in [-0.3, -0.25) is 14.8 Å². The second-order valence-corrected chi connectivity index (χ2v) is 9.39. The lowest BCUT2D eigenvalue weighted by Crippen LogP contribution is -2.49. The molecule has 166 valence electrons. The van der Waals surface area contributed by atoms with Crippen LogP contribution >= 0.6 is 0 Å². The summed E-state index contributed by atoms with van der Waals surface area (Å²) in [6.07, 6.45) is 5.44. The number of likely N-dealkylation sites (tertiary alicyclic amines) is 1. The lowest BCUT2D eigenvalue weighted by Gasteiger charge is -2.43. The van der Waals surface area contributed by atoms with Crippen molar-refractivity contribution < 1.29 is 10.0 Å². The summed E-state index contributed by atoms with van der Waals surface area (Å²) in [5.41, 5.74) is 4.55. The molecule has 8 heteroatoms. The number of pyridine rings is 1. The fourth-order valence-corrected chi connectivity index (χ4v) is 5.97. The van der Waals surface area contributed by atoms with Crippen LogP contribution in [0.3, 0.4) is 0 Å². The number of amides is 1. The summed E-state index contributed by atoms with van der Waals surface area (Å²) < 4.78 is 1.59. The van der Waals surface area contributed by atoms with Crippen molar-refractivity contribution in [2.75, 3.05) is 18.3 Å². The van der Waals surface area contributed by atoms with Crippen molar-refractivity contribution in [2.45, 2.75) is 44.6 Å². The zero-order valence-electron chi connectivity index (χ0n) is 17.7. The van der Waals surface area contributed by atoms with Crippen LogP contribution in [0.4, 0.5) is 5.69 Å². The van der Waals surface area contributed by atoms with E-state index in [2.05, 4.69) is 4.98 Å². The van der Waals surface area contributed by atoms with Crippen LogP contribution in [-0.2, 0) is 19.4 Å². The van der Waals surface area contributed by atoms with Crippen LogP contribution in [0, 0.1) is 11.1 Å². The summed E-state index contributed by atoms with van der Waals surface area (Å²) >= 11 is 0. The average molecular weight is 433 g/mol. The molecule has 0 radical (unpaired) electrons. The number of anilines is 1. The van der Waals surface area contributed by atoms with Gasteiger partial charge in [0, 0.05) is 53.4 Å². The van der Waals surface area contributed by atoms with Gasteiger partial charge in [0.05, 0.1) is 0 Å². The third kappa shape index (κ3) is 2.97. The Labute approximate surface area is 184 Å². The fraction of sp³-hybridized carbons (Fsp3) is 0.417. The fourth-order valence-electron chi connectivity index (χ4n) is 5.97. The molecule has 3 aliphatic rings. The number of nitrogens with one attached hydrogen (secondary N) is 1. The monoisotopic (exact) mass is 433 g/mol. The van der Waals surface area contributed by atoms with Crippen molar-refractivity contribution in [1.82, 2.24) is 14.5 Å². The number of H-pyrrole nitrogens is 1. The minimum atomic E-state index is -0.475. The molecule has 1 amide bonds. The summed E-state index contributed by atoms with van der Waals surface area (Å²) in [4.78, 5) is 31.5. The molecular weight excluding hydrogens is 408 g/mol. The lowest BCUT2D eigenvalue weighted by atomic mass is 9.83. The number of carbonyl (C=O) groups excluding carboxylic acids is 1. The van der Waals surface area contributed by atoms with E-state index >= 15 is 0 Å². The quantitative estimate of drug-likeness (QED) is 0.604. The number of fused-ring (bicyclic) bond motifs is 7. The van der Waals surface area contributed by atoms with Crippen LogP contribution in [-0.4, -0.2) is 38.7 Å². The van der Waals surface area contributed by atoms with E-state index in [0.29, 0.717) is 25.2 Å². The van der Waals surface area contributed by atoms with Gasteiger partial charge >= 0.3 is 0 Å².